The Morgan fingerprint density at radius 3 is 2.52 bits per heavy atom. The largest absolute Gasteiger partial charge is 0.409 e. The van der Waals surface area contributed by atoms with Gasteiger partial charge in [0.15, 0.2) is 5.84 Å². The van der Waals surface area contributed by atoms with Crippen LogP contribution >= 0.6 is 0 Å². The second kappa shape index (κ2) is 6.60. The lowest BCUT2D eigenvalue weighted by Crippen LogP contribution is -2.58. The molecule has 1 saturated carbocycles. The summed E-state index contributed by atoms with van der Waals surface area (Å²) in [5.74, 6) is -0.165. The van der Waals surface area contributed by atoms with Crippen LogP contribution in [-0.4, -0.2) is 32.3 Å². The van der Waals surface area contributed by atoms with Crippen molar-refractivity contribution in [1.29, 1.82) is 0 Å². The molecule has 0 aliphatic heterocycles. The van der Waals surface area contributed by atoms with E-state index in [2.05, 4.69) is 15.6 Å². The average molecular weight is 293 g/mol. The number of aromatic nitrogens is 2. The Labute approximate surface area is 124 Å². The summed E-state index contributed by atoms with van der Waals surface area (Å²) in [6, 6.07) is 1.65. The van der Waals surface area contributed by atoms with Crippen LogP contribution in [0.2, 0.25) is 0 Å². The van der Waals surface area contributed by atoms with E-state index in [0.717, 1.165) is 25.7 Å². The van der Waals surface area contributed by atoms with Crippen LogP contribution in [0.4, 0.5) is 0 Å². The molecule has 1 amide bonds. The minimum atomic E-state index is -0.767. The van der Waals surface area contributed by atoms with Crippen LogP contribution in [0.5, 0.6) is 0 Å². The molecule has 7 heteroatoms. The number of nitrogens with two attached hydrogens (primary N) is 1. The highest BCUT2D eigenvalue weighted by Crippen LogP contribution is 2.27. The lowest BCUT2D eigenvalue weighted by Gasteiger charge is -2.35. The summed E-state index contributed by atoms with van der Waals surface area (Å²) in [4.78, 5) is 12.5. The molecule has 0 saturated heterocycles. The van der Waals surface area contributed by atoms with Gasteiger partial charge in [-0.2, -0.15) is 5.10 Å². The minimum Gasteiger partial charge on any atom is -0.409 e. The summed E-state index contributed by atoms with van der Waals surface area (Å²) < 4.78 is 1.51. The Kier molecular flexibility index (Phi) is 4.82. The van der Waals surface area contributed by atoms with Gasteiger partial charge in [-0.25, -0.2) is 0 Å². The van der Waals surface area contributed by atoms with E-state index in [1.54, 1.807) is 19.3 Å². The van der Waals surface area contributed by atoms with E-state index in [-0.39, 0.29) is 11.7 Å². The van der Waals surface area contributed by atoms with Crippen molar-refractivity contribution in [1.82, 2.24) is 15.1 Å². The molecule has 2 rings (SSSR count). The van der Waals surface area contributed by atoms with Gasteiger partial charge in [-0.1, -0.05) is 37.3 Å². The van der Waals surface area contributed by atoms with E-state index in [1.165, 1.54) is 11.1 Å². The fourth-order valence-electron chi connectivity index (χ4n) is 2.93. The Hall–Kier alpha value is -2.05. The highest BCUT2D eigenvalue weighted by molar-refractivity contribution is 5.99. The number of nitrogens with zero attached hydrogens (tertiary/aromatic N) is 3. The Morgan fingerprint density at radius 1 is 1.38 bits per heavy atom. The predicted octanol–water partition coefficient (Wildman–Crippen LogP) is 1.38. The summed E-state index contributed by atoms with van der Waals surface area (Å²) in [7, 11) is 1.71. The van der Waals surface area contributed by atoms with Crippen molar-refractivity contribution in [3.63, 3.8) is 0 Å². The van der Waals surface area contributed by atoms with Crippen molar-refractivity contribution in [2.75, 3.05) is 0 Å². The zero-order chi connectivity index (χ0) is 15.3. The van der Waals surface area contributed by atoms with Gasteiger partial charge in [-0.3, -0.25) is 9.48 Å². The Balaban J connectivity index is 2.23. The van der Waals surface area contributed by atoms with E-state index >= 15 is 0 Å². The molecule has 1 fully saturated rings. The smallest absolute Gasteiger partial charge is 0.270 e. The number of hydrogen-bond acceptors (Lipinski definition) is 4. The molecule has 0 radical (unpaired) electrons. The topological polar surface area (TPSA) is 106 Å². The molecule has 4 N–H and O–H groups in total. The second-order valence-electron chi connectivity index (χ2n) is 5.63. The van der Waals surface area contributed by atoms with E-state index in [9.17, 15) is 4.79 Å². The van der Waals surface area contributed by atoms with Crippen LogP contribution in [-0.2, 0) is 7.05 Å². The molecule has 1 aliphatic rings. The maximum absolute atomic E-state index is 12.5. The van der Waals surface area contributed by atoms with Gasteiger partial charge >= 0.3 is 0 Å². The first-order chi connectivity index (χ1) is 10.1. The number of carbonyl (C=O) groups excluding carboxylic acids is 1. The molecule has 7 nitrogen and oxygen atoms in total. The minimum absolute atomic E-state index is 0.0833. The normalized spacial score (nSPS) is 19.6. The molecular formula is C14H23N5O2. The standard InChI is InChI=1S/C14H23N5O2/c1-19-11(7-10-16-19)12(20)17-14(13(15)18-21)8-5-3-2-4-6-9-14/h7,10,21H,2-6,8-9H2,1H3,(H2,15,18)(H,17,20). The average Bonchev–Trinajstić information content (AvgIpc) is 2.87. The van der Waals surface area contributed by atoms with Crippen LogP contribution in [0.3, 0.4) is 0 Å². The second-order valence-corrected chi connectivity index (χ2v) is 5.63. The Morgan fingerprint density at radius 2 is 2.00 bits per heavy atom. The van der Waals surface area contributed by atoms with Gasteiger partial charge in [-0.15, -0.1) is 0 Å². The van der Waals surface area contributed by atoms with Crippen LogP contribution in [0.1, 0.15) is 55.4 Å². The van der Waals surface area contributed by atoms with Crippen LogP contribution in [0.25, 0.3) is 0 Å². The molecule has 21 heavy (non-hydrogen) atoms. The molecule has 0 bridgehead atoms. The molecule has 0 aromatic carbocycles. The summed E-state index contributed by atoms with van der Waals surface area (Å²) in [5.41, 5.74) is 5.60. The summed E-state index contributed by atoms with van der Waals surface area (Å²) in [6.07, 6.45) is 8.23. The molecule has 1 aromatic rings. The van der Waals surface area contributed by atoms with Gasteiger partial charge in [0.05, 0.1) is 0 Å². The third kappa shape index (κ3) is 3.34. The fourth-order valence-corrected chi connectivity index (χ4v) is 2.93. The number of oxime groups is 1. The van der Waals surface area contributed by atoms with Crippen molar-refractivity contribution in [3.05, 3.63) is 18.0 Å². The number of nitrogens with one attached hydrogen (secondary N) is 1. The van der Waals surface area contributed by atoms with E-state index < -0.39 is 5.54 Å². The quantitative estimate of drug-likeness (QED) is 0.339. The third-order valence-corrected chi connectivity index (χ3v) is 4.21. The summed E-state index contributed by atoms with van der Waals surface area (Å²) in [6.45, 7) is 0. The zero-order valence-electron chi connectivity index (χ0n) is 12.4. The van der Waals surface area contributed by atoms with Crippen LogP contribution < -0.4 is 11.1 Å². The van der Waals surface area contributed by atoms with Gasteiger partial charge in [0, 0.05) is 13.2 Å². The van der Waals surface area contributed by atoms with E-state index in [4.69, 9.17) is 10.9 Å². The van der Waals surface area contributed by atoms with Gasteiger partial charge in [0.25, 0.3) is 5.91 Å². The summed E-state index contributed by atoms with van der Waals surface area (Å²) >= 11 is 0. The molecular weight excluding hydrogens is 270 g/mol. The maximum atomic E-state index is 12.5. The predicted molar refractivity (Wildman–Crippen MR) is 79.1 cm³/mol. The molecule has 1 aromatic heterocycles. The van der Waals surface area contributed by atoms with Gasteiger partial charge in [0.2, 0.25) is 0 Å². The molecule has 116 valence electrons. The van der Waals surface area contributed by atoms with Crippen molar-refractivity contribution in [3.8, 4) is 0 Å². The fraction of sp³-hybridized carbons (Fsp3) is 0.643. The SMILES string of the molecule is Cn1nccc1C(=O)NC1(C(N)=NO)CCCCCCC1. The first kappa shape index (κ1) is 15.3. The zero-order valence-corrected chi connectivity index (χ0v) is 12.4. The van der Waals surface area contributed by atoms with Crippen LogP contribution in [0.15, 0.2) is 17.4 Å². The van der Waals surface area contributed by atoms with Crippen molar-refractivity contribution >= 4 is 11.7 Å². The van der Waals surface area contributed by atoms with Crippen molar-refractivity contribution in [2.24, 2.45) is 17.9 Å². The van der Waals surface area contributed by atoms with Crippen LogP contribution in [0, 0.1) is 0 Å². The Bertz CT molecular complexity index is 515. The number of aryl methyl sites for hydroxylation is 1. The van der Waals surface area contributed by atoms with Crippen molar-refractivity contribution < 1.29 is 10.0 Å². The first-order valence-electron chi connectivity index (χ1n) is 7.37. The molecule has 1 heterocycles. The van der Waals surface area contributed by atoms with E-state index in [1.807, 2.05) is 0 Å². The van der Waals surface area contributed by atoms with Gasteiger partial charge in [-0.05, 0) is 18.9 Å². The van der Waals surface area contributed by atoms with Gasteiger partial charge in [0.1, 0.15) is 11.2 Å². The molecule has 0 atom stereocenters. The summed E-state index contributed by atoms with van der Waals surface area (Å²) in [5, 5.41) is 19.3. The number of rotatable bonds is 3. The number of carbonyl (C=O) groups is 1. The lowest BCUT2D eigenvalue weighted by atomic mass is 9.82. The number of amidine groups is 1. The highest BCUT2D eigenvalue weighted by Gasteiger charge is 2.37. The molecule has 0 unspecified atom stereocenters. The number of amides is 1. The highest BCUT2D eigenvalue weighted by atomic mass is 16.4. The molecule has 0 spiro atoms. The van der Waals surface area contributed by atoms with Crippen molar-refractivity contribution in [2.45, 2.75) is 50.5 Å². The third-order valence-electron chi connectivity index (χ3n) is 4.21. The monoisotopic (exact) mass is 293 g/mol. The number of hydrogen-bond donors (Lipinski definition) is 3. The van der Waals surface area contributed by atoms with E-state index in [0.29, 0.717) is 18.5 Å². The lowest BCUT2D eigenvalue weighted by molar-refractivity contribution is 0.0900. The maximum Gasteiger partial charge on any atom is 0.270 e. The molecule has 1 aliphatic carbocycles. The van der Waals surface area contributed by atoms with Gasteiger partial charge < -0.3 is 16.3 Å². The first-order valence-corrected chi connectivity index (χ1v) is 7.37.